The Kier molecular flexibility index (Phi) is 6.90. The van der Waals surface area contributed by atoms with Crippen molar-refractivity contribution >= 4 is 5.91 Å². The minimum Gasteiger partial charge on any atom is -0.493 e. The van der Waals surface area contributed by atoms with E-state index in [1.807, 2.05) is 12.1 Å². The van der Waals surface area contributed by atoms with Crippen LogP contribution >= 0.6 is 0 Å². The molecule has 7 nitrogen and oxygen atoms in total. The van der Waals surface area contributed by atoms with E-state index in [0.717, 1.165) is 5.56 Å². The Labute approximate surface area is 148 Å². The molecule has 1 aliphatic rings. The Bertz CT molecular complexity index is 585. The first-order chi connectivity index (χ1) is 12.1. The van der Waals surface area contributed by atoms with Gasteiger partial charge in [-0.2, -0.15) is 0 Å². The molecule has 0 spiro atoms. The van der Waals surface area contributed by atoms with Crippen molar-refractivity contribution < 1.29 is 23.7 Å². The molecule has 0 saturated carbocycles. The molecule has 140 valence electrons. The quantitative estimate of drug-likeness (QED) is 0.729. The maximum absolute atomic E-state index is 12.6. The number of carbonyl (C=O) groups is 1. The summed E-state index contributed by atoms with van der Waals surface area (Å²) in [5.74, 6) is 1.78. The zero-order chi connectivity index (χ0) is 18.3. The van der Waals surface area contributed by atoms with E-state index >= 15 is 0 Å². The van der Waals surface area contributed by atoms with Gasteiger partial charge in [0.2, 0.25) is 11.7 Å². The van der Waals surface area contributed by atoms with Gasteiger partial charge in [-0.15, -0.1) is 0 Å². The summed E-state index contributed by atoms with van der Waals surface area (Å²) < 4.78 is 21.5. The van der Waals surface area contributed by atoms with Gasteiger partial charge in [0.1, 0.15) is 0 Å². The predicted octanol–water partition coefficient (Wildman–Crippen LogP) is 1.13. The predicted molar refractivity (Wildman–Crippen MR) is 94.4 cm³/mol. The average Bonchev–Trinajstić information content (AvgIpc) is 2.67. The van der Waals surface area contributed by atoms with Crippen molar-refractivity contribution in [1.82, 2.24) is 5.32 Å². The van der Waals surface area contributed by atoms with E-state index in [1.165, 1.54) is 0 Å². The molecule has 0 aromatic heterocycles. The first-order valence-electron chi connectivity index (χ1n) is 8.46. The van der Waals surface area contributed by atoms with E-state index < -0.39 is 5.41 Å². The van der Waals surface area contributed by atoms with Crippen molar-refractivity contribution in [2.75, 3.05) is 47.6 Å². The van der Waals surface area contributed by atoms with Crippen molar-refractivity contribution in [3.8, 4) is 17.2 Å². The summed E-state index contributed by atoms with van der Waals surface area (Å²) in [6.45, 7) is 1.98. The zero-order valence-corrected chi connectivity index (χ0v) is 15.2. The van der Waals surface area contributed by atoms with Gasteiger partial charge in [-0.1, -0.05) is 6.07 Å². The van der Waals surface area contributed by atoms with Gasteiger partial charge in [-0.3, -0.25) is 4.79 Å². The normalized spacial score (nSPS) is 16.2. The second-order valence-electron chi connectivity index (χ2n) is 6.10. The molecule has 1 fully saturated rings. The van der Waals surface area contributed by atoms with E-state index in [1.54, 1.807) is 21.3 Å². The molecule has 0 unspecified atom stereocenters. The van der Waals surface area contributed by atoms with Gasteiger partial charge >= 0.3 is 0 Å². The highest BCUT2D eigenvalue weighted by molar-refractivity contribution is 5.83. The standard InChI is InChI=1S/C18H28N2O5/c1-22-14-5-4-13(15(23-2)16(14)24-3)6-9-20-17(21)18(12-19)7-10-25-11-8-18/h4-5H,6-12,19H2,1-3H3,(H,20,21). The van der Waals surface area contributed by atoms with Crippen molar-refractivity contribution in [1.29, 1.82) is 0 Å². The topological polar surface area (TPSA) is 92.0 Å². The monoisotopic (exact) mass is 352 g/mol. The Balaban J connectivity index is 2.02. The van der Waals surface area contributed by atoms with Crippen molar-refractivity contribution in [2.24, 2.45) is 11.1 Å². The molecule has 1 aromatic carbocycles. The Morgan fingerprint density at radius 3 is 2.40 bits per heavy atom. The molecule has 1 aromatic rings. The largest absolute Gasteiger partial charge is 0.493 e. The summed E-state index contributed by atoms with van der Waals surface area (Å²) in [5.41, 5.74) is 6.30. The summed E-state index contributed by atoms with van der Waals surface area (Å²) in [4.78, 5) is 12.6. The molecule has 1 saturated heterocycles. The van der Waals surface area contributed by atoms with Crippen LogP contribution in [0, 0.1) is 5.41 Å². The third-order valence-corrected chi connectivity index (χ3v) is 4.79. The van der Waals surface area contributed by atoms with Crippen LogP contribution in [0.4, 0.5) is 0 Å². The first kappa shape index (κ1) is 19.3. The number of hydrogen-bond acceptors (Lipinski definition) is 6. The minimum atomic E-state index is -0.514. The van der Waals surface area contributed by atoms with Crippen LogP contribution < -0.4 is 25.3 Å². The lowest BCUT2D eigenvalue weighted by molar-refractivity contribution is -0.135. The molecule has 0 radical (unpaired) electrons. The van der Waals surface area contributed by atoms with Crippen LogP contribution in [0.3, 0.4) is 0 Å². The lowest BCUT2D eigenvalue weighted by Gasteiger charge is -2.34. The van der Waals surface area contributed by atoms with Crippen LogP contribution in [-0.2, 0) is 16.0 Å². The SMILES string of the molecule is COc1ccc(CCNC(=O)C2(CN)CCOCC2)c(OC)c1OC. The third-order valence-electron chi connectivity index (χ3n) is 4.79. The molecular formula is C18H28N2O5. The maximum Gasteiger partial charge on any atom is 0.227 e. The molecule has 25 heavy (non-hydrogen) atoms. The number of nitrogens with one attached hydrogen (secondary N) is 1. The molecule has 0 bridgehead atoms. The van der Waals surface area contributed by atoms with Crippen LogP contribution in [0.1, 0.15) is 18.4 Å². The highest BCUT2D eigenvalue weighted by Gasteiger charge is 2.38. The molecule has 1 heterocycles. The van der Waals surface area contributed by atoms with E-state index in [-0.39, 0.29) is 5.91 Å². The van der Waals surface area contributed by atoms with Crippen LogP contribution in [0.5, 0.6) is 17.2 Å². The van der Waals surface area contributed by atoms with Crippen LogP contribution in [-0.4, -0.2) is 53.5 Å². The van der Waals surface area contributed by atoms with Gasteiger partial charge in [0.05, 0.1) is 26.7 Å². The second kappa shape index (κ2) is 8.92. The van der Waals surface area contributed by atoms with Crippen molar-refractivity contribution in [2.45, 2.75) is 19.3 Å². The van der Waals surface area contributed by atoms with Gasteiger partial charge < -0.3 is 30.0 Å². The highest BCUT2D eigenvalue weighted by atomic mass is 16.5. The number of ether oxygens (including phenoxy) is 4. The first-order valence-corrected chi connectivity index (χ1v) is 8.46. The molecule has 2 rings (SSSR count). The highest BCUT2D eigenvalue weighted by Crippen LogP contribution is 2.39. The molecule has 1 amide bonds. The van der Waals surface area contributed by atoms with Gasteiger partial charge in [-0.05, 0) is 25.3 Å². The number of benzene rings is 1. The molecular weight excluding hydrogens is 324 g/mol. The second-order valence-corrected chi connectivity index (χ2v) is 6.10. The number of rotatable bonds is 8. The minimum absolute atomic E-state index is 0.00209. The van der Waals surface area contributed by atoms with Gasteiger partial charge in [0.25, 0.3) is 0 Å². The van der Waals surface area contributed by atoms with Crippen molar-refractivity contribution in [3.05, 3.63) is 17.7 Å². The fraction of sp³-hybridized carbons (Fsp3) is 0.611. The molecule has 3 N–H and O–H groups in total. The maximum atomic E-state index is 12.6. The number of hydrogen-bond donors (Lipinski definition) is 2. The Hall–Kier alpha value is -1.99. The van der Waals surface area contributed by atoms with E-state index in [4.69, 9.17) is 24.7 Å². The Morgan fingerprint density at radius 2 is 1.84 bits per heavy atom. The fourth-order valence-corrected chi connectivity index (χ4v) is 3.14. The summed E-state index contributed by atoms with van der Waals surface area (Å²) in [5, 5.41) is 3.01. The number of amides is 1. The lowest BCUT2D eigenvalue weighted by Crippen LogP contribution is -2.49. The molecule has 0 atom stereocenters. The summed E-state index contributed by atoms with van der Waals surface area (Å²) in [6.07, 6.45) is 1.94. The van der Waals surface area contributed by atoms with Crippen LogP contribution in [0.25, 0.3) is 0 Å². The average molecular weight is 352 g/mol. The number of methoxy groups -OCH3 is 3. The van der Waals surface area contributed by atoms with Crippen LogP contribution in [0.15, 0.2) is 12.1 Å². The summed E-state index contributed by atoms with van der Waals surface area (Å²) in [7, 11) is 4.74. The van der Waals surface area contributed by atoms with Gasteiger partial charge in [-0.25, -0.2) is 0 Å². The van der Waals surface area contributed by atoms with E-state index in [0.29, 0.717) is 62.8 Å². The zero-order valence-electron chi connectivity index (χ0n) is 15.2. The molecule has 7 heteroatoms. The lowest BCUT2D eigenvalue weighted by atomic mass is 9.79. The van der Waals surface area contributed by atoms with Crippen molar-refractivity contribution in [3.63, 3.8) is 0 Å². The van der Waals surface area contributed by atoms with E-state index in [9.17, 15) is 4.79 Å². The number of nitrogens with two attached hydrogens (primary N) is 1. The summed E-state index contributed by atoms with van der Waals surface area (Å²) in [6, 6.07) is 3.75. The smallest absolute Gasteiger partial charge is 0.227 e. The van der Waals surface area contributed by atoms with Gasteiger partial charge in [0, 0.05) is 31.9 Å². The van der Waals surface area contributed by atoms with Crippen LogP contribution in [0.2, 0.25) is 0 Å². The fourth-order valence-electron chi connectivity index (χ4n) is 3.14. The Morgan fingerprint density at radius 1 is 1.16 bits per heavy atom. The third kappa shape index (κ3) is 4.16. The van der Waals surface area contributed by atoms with E-state index in [2.05, 4.69) is 5.32 Å². The summed E-state index contributed by atoms with van der Waals surface area (Å²) >= 11 is 0. The number of carbonyl (C=O) groups excluding carboxylic acids is 1. The molecule has 0 aliphatic carbocycles. The van der Waals surface area contributed by atoms with Gasteiger partial charge in [0.15, 0.2) is 11.5 Å². The molecule has 1 aliphatic heterocycles.